The molecule has 2 heteroatoms. The molecule has 1 nitrogen and oxygen atoms in total. The molecule has 1 atom stereocenters. The van der Waals surface area contributed by atoms with Gasteiger partial charge in [-0.25, -0.2) is 0 Å². The number of hydrogen-bond donors (Lipinski definition) is 1. The highest BCUT2D eigenvalue weighted by Gasteiger charge is 2.01. The summed E-state index contributed by atoms with van der Waals surface area (Å²) < 4.78 is 5.86. The Morgan fingerprint density at radius 1 is 0.789 bits per heavy atom. The van der Waals surface area contributed by atoms with Crippen LogP contribution in [0.25, 0.3) is 0 Å². The first kappa shape index (κ1) is 19.3. The molecule has 19 heavy (non-hydrogen) atoms. The van der Waals surface area contributed by atoms with Gasteiger partial charge < -0.3 is 4.74 Å². The molecular weight excluding hydrogens is 252 g/mol. The van der Waals surface area contributed by atoms with Gasteiger partial charge in [0, 0.05) is 6.61 Å². The van der Waals surface area contributed by atoms with Gasteiger partial charge in [0.05, 0.1) is 6.10 Å². The number of unbranched alkanes of at least 4 members (excludes halogenated alkanes) is 9. The molecule has 0 N–H and O–H groups in total. The average molecular weight is 289 g/mol. The number of thiol groups is 1. The van der Waals surface area contributed by atoms with Crippen LogP contribution in [0.5, 0.6) is 0 Å². The van der Waals surface area contributed by atoms with E-state index >= 15 is 0 Å². The van der Waals surface area contributed by atoms with Crippen LogP contribution in [0.2, 0.25) is 0 Å². The molecule has 0 aromatic rings. The van der Waals surface area contributed by atoms with E-state index in [2.05, 4.69) is 26.5 Å². The molecule has 0 bridgehead atoms. The number of hydrogen-bond acceptors (Lipinski definition) is 2. The number of rotatable bonds is 15. The molecule has 0 aromatic carbocycles. The van der Waals surface area contributed by atoms with Gasteiger partial charge >= 0.3 is 0 Å². The van der Waals surface area contributed by atoms with Crippen molar-refractivity contribution in [1.29, 1.82) is 0 Å². The van der Waals surface area contributed by atoms with Crippen LogP contribution in [-0.4, -0.2) is 18.5 Å². The predicted molar refractivity (Wildman–Crippen MR) is 90.3 cm³/mol. The Morgan fingerprint density at radius 2 is 1.37 bits per heavy atom. The van der Waals surface area contributed by atoms with Gasteiger partial charge in [0.1, 0.15) is 0 Å². The zero-order chi connectivity index (χ0) is 14.2. The minimum absolute atomic E-state index is 0.465. The van der Waals surface area contributed by atoms with Crippen LogP contribution < -0.4 is 0 Å². The van der Waals surface area contributed by atoms with Crippen LogP contribution in [-0.2, 0) is 4.74 Å². The van der Waals surface area contributed by atoms with Crippen molar-refractivity contribution in [2.45, 2.75) is 97.0 Å². The zero-order valence-corrected chi connectivity index (χ0v) is 14.2. The summed E-state index contributed by atoms with van der Waals surface area (Å²) in [5.41, 5.74) is 0. The van der Waals surface area contributed by atoms with Crippen molar-refractivity contribution in [2.24, 2.45) is 0 Å². The summed E-state index contributed by atoms with van der Waals surface area (Å²) in [6.07, 6.45) is 16.5. The van der Waals surface area contributed by atoms with Gasteiger partial charge in [-0.15, -0.1) is 0 Å². The summed E-state index contributed by atoms with van der Waals surface area (Å²) in [5, 5.41) is 0. The summed E-state index contributed by atoms with van der Waals surface area (Å²) in [6.45, 7) is 5.45. The quantitative estimate of drug-likeness (QED) is 0.286. The molecule has 0 heterocycles. The average Bonchev–Trinajstić information content (AvgIpc) is 2.42. The van der Waals surface area contributed by atoms with Crippen molar-refractivity contribution in [2.75, 3.05) is 12.4 Å². The topological polar surface area (TPSA) is 9.23 Å². The van der Waals surface area contributed by atoms with E-state index in [1.165, 1.54) is 77.0 Å². The highest BCUT2D eigenvalue weighted by Crippen LogP contribution is 2.10. The molecule has 1 unspecified atom stereocenters. The van der Waals surface area contributed by atoms with Crippen molar-refractivity contribution in [1.82, 2.24) is 0 Å². The van der Waals surface area contributed by atoms with Crippen molar-refractivity contribution in [3.8, 4) is 0 Å². The molecule has 0 aromatic heterocycles. The SMILES string of the molecule is CCCCCCC(C)OCCCCCCCCCS. The van der Waals surface area contributed by atoms with Gasteiger partial charge in [0.2, 0.25) is 0 Å². The predicted octanol–water partition coefficient (Wildman–Crippen LogP) is 6.02. The third-order valence-electron chi connectivity index (χ3n) is 3.67. The van der Waals surface area contributed by atoms with E-state index in [4.69, 9.17) is 4.74 Å². The first-order chi connectivity index (χ1) is 9.31. The van der Waals surface area contributed by atoms with Crippen LogP contribution in [0.4, 0.5) is 0 Å². The molecule has 0 spiro atoms. The van der Waals surface area contributed by atoms with Crippen LogP contribution in [0.1, 0.15) is 90.9 Å². The fourth-order valence-electron chi connectivity index (χ4n) is 2.32. The summed E-state index contributed by atoms with van der Waals surface area (Å²) in [7, 11) is 0. The highest BCUT2D eigenvalue weighted by molar-refractivity contribution is 7.80. The molecule has 0 aliphatic heterocycles. The largest absolute Gasteiger partial charge is 0.379 e. The first-order valence-electron chi connectivity index (χ1n) is 8.53. The molecular formula is C17H36OS. The minimum Gasteiger partial charge on any atom is -0.379 e. The van der Waals surface area contributed by atoms with Crippen LogP contribution in [0, 0.1) is 0 Å². The Hall–Kier alpha value is 0.310. The molecule has 0 aliphatic carbocycles. The van der Waals surface area contributed by atoms with Crippen LogP contribution in [0.15, 0.2) is 0 Å². The summed E-state index contributed by atoms with van der Waals surface area (Å²) >= 11 is 4.23. The maximum Gasteiger partial charge on any atom is 0.0547 e. The first-order valence-corrected chi connectivity index (χ1v) is 9.17. The van der Waals surface area contributed by atoms with E-state index in [-0.39, 0.29) is 0 Å². The number of ether oxygens (including phenoxy) is 1. The normalized spacial score (nSPS) is 12.8. The van der Waals surface area contributed by atoms with Gasteiger partial charge in [-0.2, -0.15) is 12.6 Å². The smallest absolute Gasteiger partial charge is 0.0547 e. The lowest BCUT2D eigenvalue weighted by molar-refractivity contribution is 0.0557. The second kappa shape index (κ2) is 16.4. The van der Waals surface area contributed by atoms with E-state index in [0.29, 0.717) is 6.10 Å². The standard InChI is InChI=1S/C17H36OS/c1-3-4-5-11-14-17(2)18-15-12-9-7-6-8-10-13-16-19/h17,19H,3-16H2,1-2H3. The van der Waals surface area contributed by atoms with E-state index in [1.807, 2.05) is 0 Å². The van der Waals surface area contributed by atoms with Gasteiger partial charge in [-0.3, -0.25) is 0 Å². The van der Waals surface area contributed by atoms with Crippen LogP contribution >= 0.6 is 12.6 Å². The molecule has 0 aliphatic rings. The third kappa shape index (κ3) is 16.3. The Balaban J connectivity index is 3.07. The molecule has 0 radical (unpaired) electrons. The Kier molecular flexibility index (Phi) is 16.6. The van der Waals surface area contributed by atoms with Crippen molar-refractivity contribution in [3.05, 3.63) is 0 Å². The molecule has 0 fully saturated rings. The fraction of sp³-hybridized carbons (Fsp3) is 1.00. The maximum absolute atomic E-state index is 5.86. The second-order valence-electron chi connectivity index (χ2n) is 5.73. The minimum atomic E-state index is 0.465. The maximum atomic E-state index is 5.86. The lowest BCUT2D eigenvalue weighted by Crippen LogP contribution is -2.09. The van der Waals surface area contributed by atoms with E-state index in [0.717, 1.165) is 12.4 Å². The summed E-state index contributed by atoms with van der Waals surface area (Å²) in [6, 6.07) is 0. The van der Waals surface area contributed by atoms with Crippen molar-refractivity contribution >= 4 is 12.6 Å². The van der Waals surface area contributed by atoms with E-state index < -0.39 is 0 Å². The molecule has 116 valence electrons. The second-order valence-corrected chi connectivity index (χ2v) is 6.18. The van der Waals surface area contributed by atoms with Crippen molar-refractivity contribution in [3.63, 3.8) is 0 Å². The van der Waals surface area contributed by atoms with Gasteiger partial charge in [0.15, 0.2) is 0 Å². The Morgan fingerprint density at radius 3 is 2.00 bits per heavy atom. The van der Waals surface area contributed by atoms with E-state index in [9.17, 15) is 0 Å². The van der Waals surface area contributed by atoms with Gasteiger partial charge in [0.25, 0.3) is 0 Å². The monoisotopic (exact) mass is 288 g/mol. The molecule has 0 saturated carbocycles. The third-order valence-corrected chi connectivity index (χ3v) is 3.99. The molecule has 0 saturated heterocycles. The lowest BCUT2D eigenvalue weighted by atomic mass is 10.1. The molecule has 0 amide bonds. The zero-order valence-electron chi connectivity index (χ0n) is 13.3. The Labute approximate surface area is 127 Å². The van der Waals surface area contributed by atoms with Gasteiger partial charge in [-0.1, -0.05) is 64.7 Å². The highest BCUT2D eigenvalue weighted by atomic mass is 32.1. The summed E-state index contributed by atoms with van der Waals surface area (Å²) in [4.78, 5) is 0. The van der Waals surface area contributed by atoms with Crippen LogP contribution in [0.3, 0.4) is 0 Å². The lowest BCUT2D eigenvalue weighted by Gasteiger charge is -2.12. The van der Waals surface area contributed by atoms with Gasteiger partial charge in [-0.05, 0) is 31.9 Å². The van der Waals surface area contributed by atoms with Crippen molar-refractivity contribution < 1.29 is 4.74 Å². The Bertz CT molecular complexity index is 161. The molecule has 0 rings (SSSR count). The van der Waals surface area contributed by atoms with E-state index in [1.54, 1.807) is 0 Å². The fourth-order valence-corrected chi connectivity index (χ4v) is 2.55. The summed E-state index contributed by atoms with van der Waals surface area (Å²) in [5.74, 6) is 1.05.